The second-order valence-electron chi connectivity index (χ2n) is 10.9. The number of nitrogens with zero attached hydrogens (tertiary/aromatic N) is 1. The number of carbonyl (C=O) groups excluding carboxylic acids is 1. The minimum Gasteiger partial charge on any atom is -0.508 e. The largest absolute Gasteiger partial charge is 0.508 e. The number of hydrogen-bond donors (Lipinski definition) is 4. The smallest absolute Gasteiger partial charge is 0.161 e. The average molecular weight is 572 g/mol. The Morgan fingerprint density at radius 1 is 1.02 bits per heavy atom. The van der Waals surface area contributed by atoms with Crippen LogP contribution in [0, 0.1) is 0 Å². The predicted molar refractivity (Wildman–Crippen MR) is 164 cm³/mol. The van der Waals surface area contributed by atoms with Crippen molar-refractivity contribution in [2.45, 2.75) is 71.0 Å². The van der Waals surface area contributed by atoms with Crippen LogP contribution in [0.2, 0.25) is 0 Å². The summed E-state index contributed by atoms with van der Waals surface area (Å²) in [4.78, 5) is 16.8. The van der Waals surface area contributed by atoms with Gasteiger partial charge in [0.05, 0.1) is 31.2 Å². The van der Waals surface area contributed by atoms with E-state index in [0.717, 1.165) is 70.5 Å². The van der Waals surface area contributed by atoms with Crippen LogP contribution < -0.4 is 15.3 Å². The lowest BCUT2D eigenvalue weighted by Gasteiger charge is -2.14. The van der Waals surface area contributed by atoms with Crippen molar-refractivity contribution in [3.8, 4) is 28.4 Å². The number of aryl methyl sites for hydroxylation is 1. The van der Waals surface area contributed by atoms with Crippen LogP contribution in [-0.4, -0.2) is 45.5 Å². The first kappa shape index (κ1) is 31.0. The van der Waals surface area contributed by atoms with Crippen LogP contribution >= 0.6 is 0 Å². The van der Waals surface area contributed by atoms with E-state index in [0.29, 0.717) is 38.2 Å². The number of aliphatic hydroxyl groups excluding tert-OH is 2. The maximum Gasteiger partial charge on any atom is 0.161 e. The van der Waals surface area contributed by atoms with E-state index in [2.05, 4.69) is 4.99 Å². The van der Waals surface area contributed by atoms with Crippen molar-refractivity contribution >= 4 is 11.9 Å². The summed E-state index contributed by atoms with van der Waals surface area (Å²) in [7, 11) is 0. The molecule has 0 spiro atoms. The van der Waals surface area contributed by atoms with E-state index in [1.807, 2.05) is 30.4 Å². The van der Waals surface area contributed by atoms with Crippen LogP contribution in [0.5, 0.6) is 17.2 Å². The lowest BCUT2D eigenvalue weighted by molar-refractivity contribution is -0.114. The van der Waals surface area contributed by atoms with Crippen LogP contribution in [0.1, 0.15) is 62.1 Å². The Hall–Kier alpha value is -3.94. The molecule has 7 nitrogen and oxygen atoms in total. The molecule has 0 radical (unpaired) electrons. The molecule has 1 aliphatic rings. The molecule has 7 heteroatoms. The monoisotopic (exact) mass is 571 g/mol. The summed E-state index contributed by atoms with van der Waals surface area (Å²) in [6.07, 6.45) is 11.5. The van der Waals surface area contributed by atoms with Gasteiger partial charge in [-0.3, -0.25) is 9.79 Å². The van der Waals surface area contributed by atoms with Crippen molar-refractivity contribution in [2.24, 2.45) is 4.99 Å². The third-order valence-corrected chi connectivity index (χ3v) is 7.46. The Kier molecular flexibility index (Phi) is 11.3. The zero-order valence-electron chi connectivity index (χ0n) is 24.3. The summed E-state index contributed by atoms with van der Waals surface area (Å²) in [5.74, 6) is 0.620. The molecule has 4 N–H and O–H groups in total. The van der Waals surface area contributed by atoms with Gasteiger partial charge in [-0.05, 0) is 103 Å². The highest BCUT2D eigenvalue weighted by molar-refractivity contribution is 5.89. The van der Waals surface area contributed by atoms with Crippen LogP contribution in [-0.2, 0) is 24.2 Å². The molecule has 0 amide bonds. The van der Waals surface area contributed by atoms with Gasteiger partial charge in [0.25, 0.3) is 0 Å². The third kappa shape index (κ3) is 8.78. The minimum absolute atomic E-state index is 0.0389. The number of aliphatic hydroxyl groups is 2. The zero-order valence-corrected chi connectivity index (χ0v) is 24.3. The molecule has 222 valence electrons. The number of ether oxygens (including phenoxy) is 1. The SMILES string of the molecule is C[C@H](O)CCCCC/C=C/C(=O)CCc1ccc(O)c(OCCc2ccc(O)cc2-c2cc(CO)c3c(c2)=CCN=3)c1. The van der Waals surface area contributed by atoms with Crippen molar-refractivity contribution in [1.82, 2.24) is 0 Å². The minimum atomic E-state index is -0.252. The maximum atomic E-state index is 12.3. The normalized spacial score (nSPS) is 13.0. The highest BCUT2D eigenvalue weighted by Gasteiger charge is 2.12. The fraction of sp³-hybridized carbons (Fsp3) is 0.371. The van der Waals surface area contributed by atoms with Crippen LogP contribution in [0.25, 0.3) is 17.2 Å². The van der Waals surface area contributed by atoms with Gasteiger partial charge in [0, 0.05) is 18.4 Å². The fourth-order valence-corrected chi connectivity index (χ4v) is 5.17. The predicted octanol–water partition coefficient (Wildman–Crippen LogP) is 4.68. The number of unbranched alkanes of at least 4 members (excludes halogenated alkanes) is 3. The molecule has 0 fully saturated rings. The van der Waals surface area contributed by atoms with Gasteiger partial charge in [0.15, 0.2) is 17.3 Å². The first-order valence-corrected chi connectivity index (χ1v) is 14.8. The number of phenolic OH excluding ortho intramolecular Hbond substituents is 2. The van der Waals surface area contributed by atoms with Crippen LogP contribution in [0.4, 0.5) is 0 Å². The summed E-state index contributed by atoms with van der Waals surface area (Å²) in [6, 6.07) is 14.3. The van der Waals surface area contributed by atoms with E-state index in [1.54, 1.807) is 43.3 Å². The third-order valence-electron chi connectivity index (χ3n) is 7.46. The molecular weight excluding hydrogens is 530 g/mol. The molecule has 1 heterocycles. The molecular formula is C35H41NO6. The van der Waals surface area contributed by atoms with Crippen LogP contribution in [0.15, 0.2) is 65.7 Å². The van der Waals surface area contributed by atoms with Crippen molar-refractivity contribution in [1.29, 1.82) is 0 Å². The number of carbonyl (C=O) groups is 1. The molecule has 0 aromatic heterocycles. The summed E-state index contributed by atoms with van der Waals surface area (Å²) in [5.41, 5.74) is 4.35. The van der Waals surface area contributed by atoms with Gasteiger partial charge < -0.3 is 25.2 Å². The van der Waals surface area contributed by atoms with E-state index >= 15 is 0 Å². The molecule has 0 aliphatic carbocycles. The Morgan fingerprint density at radius 2 is 1.88 bits per heavy atom. The van der Waals surface area contributed by atoms with E-state index in [-0.39, 0.29) is 30.0 Å². The van der Waals surface area contributed by atoms with Gasteiger partial charge in [-0.15, -0.1) is 0 Å². The lowest BCUT2D eigenvalue weighted by atomic mass is 9.95. The number of fused-ring (bicyclic) bond motifs is 1. The number of hydrogen-bond acceptors (Lipinski definition) is 7. The van der Waals surface area contributed by atoms with Gasteiger partial charge in [-0.2, -0.15) is 0 Å². The summed E-state index contributed by atoms with van der Waals surface area (Å²) in [5, 5.41) is 41.6. The van der Waals surface area contributed by atoms with Crippen molar-refractivity contribution in [3.05, 3.63) is 87.9 Å². The highest BCUT2D eigenvalue weighted by Crippen LogP contribution is 2.30. The van der Waals surface area contributed by atoms with Crippen LogP contribution in [0.3, 0.4) is 0 Å². The summed E-state index contributed by atoms with van der Waals surface area (Å²) in [6.45, 7) is 2.57. The molecule has 0 unspecified atom stereocenters. The zero-order chi connectivity index (χ0) is 29.9. The number of allylic oxidation sites excluding steroid dienone is 2. The fourth-order valence-electron chi connectivity index (χ4n) is 5.17. The van der Waals surface area contributed by atoms with E-state index < -0.39 is 0 Å². The van der Waals surface area contributed by atoms with Gasteiger partial charge in [0.1, 0.15) is 5.75 Å². The standard InChI is InChI=1S/C35H41NO6/c1-24(38)7-5-3-2-4-6-8-30(39)12-9-25-10-14-33(41)34(19-25)42-18-16-26-11-13-31(40)22-32(26)28-20-27-15-17-36-35(27)29(21-28)23-37/h6,8,10-11,13-15,19-22,24,37-38,40-41H,2-5,7,9,12,16-18,23H2,1H3/b8-6+/t24-/m0/s1. The Balaban J connectivity index is 1.33. The first-order valence-electron chi connectivity index (χ1n) is 14.8. The second-order valence-corrected chi connectivity index (χ2v) is 10.9. The quantitative estimate of drug-likeness (QED) is 0.146. The number of rotatable bonds is 16. The molecule has 4 rings (SSSR count). The summed E-state index contributed by atoms with van der Waals surface area (Å²) < 4.78 is 5.97. The highest BCUT2D eigenvalue weighted by atomic mass is 16.5. The van der Waals surface area contributed by atoms with Crippen molar-refractivity contribution < 1.29 is 30.0 Å². The number of benzene rings is 3. The van der Waals surface area contributed by atoms with Gasteiger partial charge >= 0.3 is 0 Å². The van der Waals surface area contributed by atoms with E-state index in [4.69, 9.17) is 4.74 Å². The van der Waals surface area contributed by atoms with E-state index in [9.17, 15) is 25.2 Å². The van der Waals surface area contributed by atoms with Crippen molar-refractivity contribution in [2.75, 3.05) is 13.2 Å². The lowest BCUT2D eigenvalue weighted by Crippen LogP contribution is -2.26. The van der Waals surface area contributed by atoms with E-state index in [1.165, 1.54) is 0 Å². The molecule has 1 atom stereocenters. The van der Waals surface area contributed by atoms with Gasteiger partial charge in [0.2, 0.25) is 0 Å². The molecule has 3 aromatic carbocycles. The topological polar surface area (TPSA) is 120 Å². The maximum absolute atomic E-state index is 12.3. The Bertz CT molecular complexity index is 1530. The molecule has 1 aliphatic heterocycles. The molecule has 0 saturated carbocycles. The molecule has 0 bridgehead atoms. The van der Waals surface area contributed by atoms with Gasteiger partial charge in [-0.25, -0.2) is 0 Å². The second kappa shape index (κ2) is 15.3. The molecule has 3 aromatic rings. The molecule has 42 heavy (non-hydrogen) atoms. The van der Waals surface area contributed by atoms with Gasteiger partial charge in [-0.1, -0.05) is 37.1 Å². The van der Waals surface area contributed by atoms with Crippen molar-refractivity contribution in [3.63, 3.8) is 0 Å². The summed E-state index contributed by atoms with van der Waals surface area (Å²) >= 11 is 0. The average Bonchev–Trinajstić information content (AvgIpc) is 3.46. The number of phenols is 2. The number of aromatic hydroxyl groups is 2. The molecule has 0 saturated heterocycles. The number of ketones is 1. The Morgan fingerprint density at radius 3 is 2.69 bits per heavy atom. The Labute approximate surface area is 247 Å². The first-order chi connectivity index (χ1) is 20.3.